The first-order valence-corrected chi connectivity index (χ1v) is 10.9. The largest absolute Gasteiger partial charge is 0.466 e. The van der Waals surface area contributed by atoms with E-state index in [0.717, 1.165) is 0 Å². The standard InChI is InChI=1S/C16H24O7.C9H10O3/c1-11(2)14(19)22-9-16(7-17,8-18)10-23-15(20)12(3)4-5-13-6-21-13;1-7(2)9(10)12-6-8-4-3-5-11-8/h13,17-18H,1,3-10H2,2H3;3-5H,1,6H2,2H3. The van der Waals surface area contributed by atoms with Crippen molar-refractivity contribution in [3.63, 3.8) is 0 Å². The van der Waals surface area contributed by atoms with E-state index in [-0.39, 0.29) is 31.5 Å². The summed E-state index contributed by atoms with van der Waals surface area (Å²) in [5.74, 6) is -1.02. The van der Waals surface area contributed by atoms with Gasteiger partial charge in [0.25, 0.3) is 0 Å². The lowest BCUT2D eigenvalue weighted by Crippen LogP contribution is -2.41. The van der Waals surface area contributed by atoms with Crippen LogP contribution in [0, 0.1) is 5.41 Å². The number of rotatable bonds is 14. The Kier molecular flexibility index (Phi) is 12.7. The Morgan fingerprint density at radius 2 is 1.54 bits per heavy atom. The SMILES string of the molecule is C=C(C)C(=O)OCC(CO)(CO)COC(=O)C(=C)CCC1CO1.C=C(C)C(=O)OCc1ccco1. The number of ether oxygens (including phenoxy) is 4. The third-order valence-electron chi connectivity index (χ3n) is 4.77. The van der Waals surface area contributed by atoms with E-state index < -0.39 is 36.5 Å². The number of aliphatic hydroxyl groups excluding tert-OH is 2. The summed E-state index contributed by atoms with van der Waals surface area (Å²) in [5.41, 5.74) is -0.381. The first-order valence-electron chi connectivity index (χ1n) is 10.9. The fourth-order valence-electron chi connectivity index (χ4n) is 2.26. The molecule has 1 atom stereocenters. The molecule has 0 saturated carbocycles. The van der Waals surface area contributed by atoms with Crippen LogP contribution in [0.15, 0.2) is 59.3 Å². The van der Waals surface area contributed by atoms with Gasteiger partial charge in [0.2, 0.25) is 0 Å². The molecular weight excluding hydrogens is 460 g/mol. The maximum absolute atomic E-state index is 11.9. The summed E-state index contributed by atoms with van der Waals surface area (Å²) in [6.45, 7) is 12.9. The Morgan fingerprint density at radius 3 is 2.00 bits per heavy atom. The molecule has 1 aromatic heterocycles. The van der Waals surface area contributed by atoms with Gasteiger partial charge in [-0.1, -0.05) is 19.7 Å². The number of carbonyl (C=O) groups excluding carboxylic acids is 3. The van der Waals surface area contributed by atoms with E-state index in [1.165, 1.54) is 13.2 Å². The van der Waals surface area contributed by atoms with E-state index >= 15 is 0 Å². The van der Waals surface area contributed by atoms with E-state index in [1.807, 2.05) is 0 Å². The van der Waals surface area contributed by atoms with Gasteiger partial charge in [0.15, 0.2) is 0 Å². The monoisotopic (exact) mass is 494 g/mol. The van der Waals surface area contributed by atoms with Crippen LogP contribution < -0.4 is 0 Å². The molecule has 0 amide bonds. The van der Waals surface area contributed by atoms with E-state index in [9.17, 15) is 24.6 Å². The number of furan rings is 1. The van der Waals surface area contributed by atoms with Gasteiger partial charge in [-0.05, 0) is 38.8 Å². The minimum atomic E-state index is -1.26. The summed E-state index contributed by atoms with van der Waals surface area (Å²) in [7, 11) is 0. The third kappa shape index (κ3) is 11.7. The van der Waals surface area contributed by atoms with Gasteiger partial charge in [-0.25, -0.2) is 14.4 Å². The van der Waals surface area contributed by atoms with Crippen molar-refractivity contribution in [3.05, 3.63) is 60.6 Å². The van der Waals surface area contributed by atoms with Crippen LogP contribution in [0.5, 0.6) is 0 Å². The number of hydrogen-bond acceptors (Lipinski definition) is 10. The first-order chi connectivity index (χ1) is 16.5. The predicted octanol–water partition coefficient (Wildman–Crippen LogP) is 2.25. The molecule has 1 aliphatic heterocycles. The van der Waals surface area contributed by atoms with Gasteiger partial charge in [-0.15, -0.1) is 0 Å². The topological polar surface area (TPSA) is 145 Å². The van der Waals surface area contributed by atoms with Crippen molar-refractivity contribution < 1.29 is 48.0 Å². The van der Waals surface area contributed by atoms with Crippen molar-refractivity contribution in [2.24, 2.45) is 5.41 Å². The maximum atomic E-state index is 11.9. The van der Waals surface area contributed by atoms with E-state index in [2.05, 4.69) is 19.7 Å². The summed E-state index contributed by atoms with van der Waals surface area (Å²) in [4.78, 5) is 34.1. The highest BCUT2D eigenvalue weighted by atomic mass is 16.6. The van der Waals surface area contributed by atoms with Crippen LogP contribution >= 0.6 is 0 Å². The summed E-state index contributed by atoms with van der Waals surface area (Å²) in [5, 5.41) is 18.9. The Hall–Kier alpha value is -3.21. The zero-order valence-corrected chi connectivity index (χ0v) is 20.2. The zero-order chi connectivity index (χ0) is 26.4. The molecule has 0 bridgehead atoms. The Morgan fingerprint density at radius 1 is 1.00 bits per heavy atom. The maximum Gasteiger partial charge on any atom is 0.333 e. The molecule has 0 aromatic carbocycles. The minimum absolute atomic E-state index is 0.165. The second kappa shape index (κ2) is 14.9. The van der Waals surface area contributed by atoms with Gasteiger partial charge < -0.3 is 33.6 Å². The molecule has 194 valence electrons. The highest BCUT2D eigenvalue weighted by Crippen LogP contribution is 2.21. The molecular formula is C25H34O10. The lowest BCUT2D eigenvalue weighted by molar-refractivity contribution is -0.154. The molecule has 1 fully saturated rings. The smallest absolute Gasteiger partial charge is 0.333 e. The van der Waals surface area contributed by atoms with E-state index in [1.54, 1.807) is 19.1 Å². The van der Waals surface area contributed by atoms with Gasteiger partial charge in [0, 0.05) is 16.7 Å². The highest BCUT2D eigenvalue weighted by molar-refractivity contribution is 5.88. The fourth-order valence-corrected chi connectivity index (χ4v) is 2.26. The molecule has 35 heavy (non-hydrogen) atoms. The fraction of sp³-hybridized carbons (Fsp3) is 0.480. The third-order valence-corrected chi connectivity index (χ3v) is 4.77. The predicted molar refractivity (Wildman–Crippen MR) is 125 cm³/mol. The van der Waals surface area contributed by atoms with Crippen molar-refractivity contribution in [2.75, 3.05) is 33.0 Å². The average Bonchev–Trinajstić information content (AvgIpc) is 3.53. The minimum Gasteiger partial charge on any atom is -0.466 e. The van der Waals surface area contributed by atoms with Gasteiger partial charge in [-0.3, -0.25) is 0 Å². The number of aliphatic hydroxyl groups is 2. The van der Waals surface area contributed by atoms with Crippen LogP contribution in [0.3, 0.4) is 0 Å². The number of epoxide rings is 1. The molecule has 2 heterocycles. The molecule has 1 unspecified atom stereocenters. The van der Waals surface area contributed by atoms with Gasteiger partial charge in [0.05, 0.1) is 37.6 Å². The summed E-state index contributed by atoms with van der Waals surface area (Å²) in [6, 6.07) is 3.48. The van der Waals surface area contributed by atoms with E-state index in [0.29, 0.717) is 36.4 Å². The first kappa shape index (κ1) is 29.8. The van der Waals surface area contributed by atoms with Crippen LogP contribution in [0.25, 0.3) is 0 Å². The van der Waals surface area contributed by atoms with Crippen molar-refractivity contribution in [1.82, 2.24) is 0 Å². The molecule has 0 radical (unpaired) electrons. The van der Waals surface area contributed by atoms with Gasteiger partial charge >= 0.3 is 17.9 Å². The lowest BCUT2D eigenvalue weighted by Gasteiger charge is -2.28. The van der Waals surface area contributed by atoms with Crippen molar-refractivity contribution in [1.29, 1.82) is 0 Å². The van der Waals surface area contributed by atoms with Crippen molar-refractivity contribution in [2.45, 2.75) is 39.4 Å². The summed E-state index contributed by atoms with van der Waals surface area (Å²) >= 11 is 0. The van der Waals surface area contributed by atoms with Crippen LogP contribution in [0.2, 0.25) is 0 Å². The molecule has 10 heteroatoms. The quantitative estimate of drug-likeness (QED) is 0.171. The van der Waals surface area contributed by atoms with Crippen LogP contribution in [-0.4, -0.2) is 67.3 Å². The molecule has 10 nitrogen and oxygen atoms in total. The molecule has 1 aliphatic rings. The Balaban J connectivity index is 0.000000427. The second-order valence-corrected chi connectivity index (χ2v) is 8.28. The van der Waals surface area contributed by atoms with Crippen LogP contribution in [0.4, 0.5) is 0 Å². The lowest BCUT2D eigenvalue weighted by atomic mass is 9.92. The summed E-state index contributed by atoms with van der Waals surface area (Å²) in [6.07, 6.45) is 2.88. The van der Waals surface area contributed by atoms with Gasteiger partial charge in [0.1, 0.15) is 25.6 Å². The Labute approximate surface area is 204 Å². The average molecular weight is 495 g/mol. The molecule has 1 aromatic rings. The molecule has 0 aliphatic carbocycles. The van der Waals surface area contributed by atoms with Crippen molar-refractivity contribution in [3.8, 4) is 0 Å². The number of hydrogen-bond donors (Lipinski definition) is 2. The van der Waals surface area contributed by atoms with Crippen LogP contribution in [0.1, 0.15) is 32.4 Å². The van der Waals surface area contributed by atoms with E-state index in [4.69, 9.17) is 23.4 Å². The Bertz CT molecular complexity index is 876. The molecule has 2 N–H and O–H groups in total. The molecule has 0 spiro atoms. The number of esters is 3. The summed E-state index contributed by atoms with van der Waals surface area (Å²) < 4.78 is 24.8. The highest BCUT2D eigenvalue weighted by Gasteiger charge is 2.33. The van der Waals surface area contributed by atoms with Crippen molar-refractivity contribution >= 4 is 17.9 Å². The second-order valence-electron chi connectivity index (χ2n) is 8.28. The molecule has 1 saturated heterocycles. The van der Waals surface area contributed by atoms with Crippen LogP contribution in [-0.2, 0) is 39.9 Å². The normalized spacial score (nSPS) is 14.1. The molecule has 2 rings (SSSR count). The van der Waals surface area contributed by atoms with Gasteiger partial charge in [-0.2, -0.15) is 0 Å². The number of carbonyl (C=O) groups is 3. The zero-order valence-electron chi connectivity index (χ0n) is 20.2.